The molecule has 14 heteroatoms. The molecule has 2 aromatic heterocycles. The predicted molar refractivity (Wildman–Crippen MR) is 135 cm³/mol. The van der Waals surface area contributed by atoms with Crippen molar-refractivity contribution in [2.45, 2.75) is 37.8 Å². The standard InChI is InChI=1S/C9H11BrClN3O.C5H10ClNO.C4HBrCl2N2/c10-7-4-12-9(11)14-8(7)13-6-2-1-3-15-5-6;6-7-5-2-1-3-8-4-5;5-2-1-8-4(7)9-3(2)6/h4,6H,1-3,5H2,(H,12,13,14);5,7H,1-4H2;1H. The van der Waals surface area contributed by atoms with Crippen LogP contribution in [-0.4, -0.2) is 58.4 Å². The fraction of sp³-hybridized carbons (Fsp3) is 0.556. The minimum Gasteiger partial charge on any atom is -0.380 e. The van der Waals surface area contributed by atoms with Crippen LogP contribution in [0.3, 0.4) is 0 Å². The Labute approximate surface area is 223 Å². The van der Waals surface area contributed by atoms with Crippen molar-refractivity contribution in [3.63, 3.8) is 0 Å². The van der Waals surface area contributed by atoms with Crippen molar-refractivity contribution in [1.29, 1.82) is 0 Å². The third-order valence-electron chi connectivity index (χ3n) is 4.20. The number of halogens is 6. The summed E-state index contributed by atoms with van der Waals surface area (Å²) in [5.74, 6) is 0.727. The van der Waals surface area contributed by atoms with E-state index in [1.807, 2.05) is 0 Å². The van der Waals surface area contributed by atoms with Gasteiger partial charge in [0, 0.05) is 31.6 Å². The third-order valence-corrected chi connectivity index (χ3v) is 6.55. The van der Waals surface area contributed by atoms with Gasteiger partial charge < -0.3 is 14.8 Å². The number of hydrogen-bond donors (Lipinski definition) is 2. The fourth-order valence-corrected chi connectivity index (χ4v) is 3.76. The molecule has 2 saturated heterocycles. The summed E-state index contributed by atoms with van der Waals surface area (Å²) in [7, 11) is 0. The van der Waals surface area contributed by atoms with E-state index in [2.05, 4.69) is 61.9 Å². The minimum atomic E-state index is 0.156. The molecule has 2 unspecified atom stereocenters. The molecule has 2 aromatic rings. The Bertz CT molecular complexity index is 830. The van der Waals surface area contributed by atoms with E-state index in [0.717, 1.165) is 55.8 Å². The van der Waals surface area contributed by atoms with E-state index in [0.29, 0.717) is 28.3 Å². The first-order valence-corrected chi connectivity index (χ1v) is 12.8. The molecule has 4 rings (SSSR count). The van der Waals surface area contributed by atoms with Gasteiger partial charge in [0.15, 0.2) is 0 Å². The molecule has 0 saturated carbocycles. The summed E-state index contributed by atoms with van der Waals surface area (Å²) in [6.07, 6.45) is 7.58. The Hall–Kier alpha value is -0.0400. The van der Waals surface area contributed by atoms with E-state index in [-0.39, 0.29) is 10.6 Å². The molecule has 2 aliphatic rings. The summed E-state index contributed by atoms with van der Waals surface area (Å²) < 4.78 is 12.0. The summed E-state index contributed by atoms with van der Waals surface area (Å²) >= 11 is 28.5. The second-order valence-electron chi connectivity index (χ2n) is 6.69. The van der Waals surface area contributed by atoms with Crippen LogP contribution in [-0.2, 0) is 9.47 Å². The lowest BCUT2D eigenvalue weighted by Gasteiger charge is -2.23. The molecule has 2 fully saturated rings. The van der Waals surface area contributed by atoms with Crippen molar-refractivity contribution < 1.29 is 9.47 Å². The van der Waals surface area contributed by atoms with Gasteiger partial charge in [-0.15, -0.1) is 0 Å². The van der Waals surface area contributed by atoms with Crippen LogP contribution >= 0.6 is 78.4 Å². The molecule has 32 heavy (non-hydrogen) atoms. The molecule has 2 aliphatic heterocycles. The van der Waals surface area contributed by atoms with Crippen LogP contribution < -0.4 is 10.2 Å². The first-order valence-electron chi connectivity index (χ1n) is 9.68. The van der Waals surface area contributed by atoms with Crippen LogP contribution in [0, 0.1) is 0 Å². The normalized spacial score (nSPS) is 20.3. The van der Waals surface area contributed by atoms with Gasteiger partial charge in [0.05, 0.1) is 28.2 Å². The average Bonchev–Trinajstić information content (AvgIpc) is 2.81. The molecule has 0 amide bonds. The molecular weight excluding hydrogens is 634 g/mol. The molecule has 0 spiro atoms. The molecule has 0 radical (unpaired) electrons. The molecule has 0 aliphatic carbocycles. The summed E-state index contributed by atoms with van der Waals surface area (Å²) in [5, 5.41) is 4.01. The molecule has 8 nitrogen and oxygen atoms in total. The van der Waals surface area contributed by atoms with Crippen molar-refractivity contribution in [3.05, 3.63) is 37.1 Å². The molecule has 178 valence electrons. The first kappa shape index (κ1) is 28.2. The van der Waals surface area contributed by atoms with Crippen molar-refractivity contribution in [2.75, 3.05) is 31.7 Å². The van der Waals surface area contributed by atoms with Crippen molar-refractivity contribution >= 4 is 84.3 Å². The summed E-state index contributed by atoms with van der Waals surface area (Å²) in [4.78, 5) is 17.9. The second kappa shape index (κ2) is 15.8. The van der Waals surface area contributed by atoms with E-state index < -0.39 is 0 Å². The maximum absolute atomic E-state index is 5.72. The van der Waals surface area contributed by atoms with Crippen LogP contribution in [0.2, 0.25) is 15.7 Å². The average molecular weight is 656 g/mol. The highest BCUT2D eigenvalue weighted by molar-refractivity contribution is 9.11. The van der Waals surface area contributed by atoms with Crippen molar-refractivity contribution in [3.8, 4) is 0 Å². The first-order chi connectivity index (χ1) is 15.4. The zero-order valence-corrected chi connectivity index (χ0v) is 23.0. The highest BCUT2D eigenvalue weighted by Crippen LogP contribution is 2.22. The van der Waals surface area contributed by atoms with Crippen LogP contribution in [0.1, 0.15) is 25.7 Å². The third kappa shape index (κ3) is 10.9. The largest absolute Gasteiger partial charge is 0.380 e. The Kier molecular flexibility index (Phi) is 13.9. The van der Waals surface area contributed by atoms with E-state index in [1.165, 1.54) is 6.20 Å². The topological polar surface area (TPSA) is 94.1 Å². The highest BCUT2D eigenvalue weighted by Gasteiger charge is 2.15. The van der Waals surface area contributed by atoms with Gasteiger partial charge in [-0.2, -0.15) is 4.98 Å². The second-order valence-corrected chi connectivity index (χ2v) is 9.66. The molecule has 0 aromatic carbocycles. The maximum atomic E-state index is 5.72. The smallest absolute Gasteiger partial charge is 0.224 e. The predicted octanol–water partition coefficient (Wildman–Crippen LogP) is 5.94. The van der Waals surface area contributed by atoms with E-state index >= 15 is 0 Å². The van der Waals surface area contributed by atoms with Crippen LogP contribution in [0.25, 0.3) is 0 Å². The number of anilines is 1. The molecule has 4 heterocycles. The monoisotopic (exact) mass is 652 g/mol. The van der Waals surface area contributed by atoms with Gasteiger partial charge >= 0.3 is 0 Å². The summed E-state index contributed by atoms with van der Waals surface area (Å²) in [5.41, 5.74) is 0. The van der Waals surface area contributed by atoms with Gasteiger partial charge in [-0.05, 0) is 92.5 Å². The number of nitrogens with zero attached hydrogens (tertiary/aromatic N) is 4. The zero-order chi connectivity index (χ0) is 23.3. The highest BCUT2D eigenvalue weighted by atomic mass is 79.9. The van der Waals surface area contributed by atoms with Crippen LogP contribution in [0.15, 0.2) is 21.3 Å². The number of ether oxygens (including phenoxy) is 2. The Morgan fingerprint density at radius 1 is 0.844 bits per heavy atom. The number of nitrogens with one attached hydrogen (secondary N) is 2. The van der Waals surface area contributed by atoms with Gasteiger partial charge in [-0.1, -0.05) is 11.6 Å². The van der Waals surface area contributed by atoms with Gasteiger partial charge in [-0.25, -0.2) is 19.8 Å². The molecular formula is C18H22Br2Cl4N6O2. The SMILES string of the molecule is ClNC1CCCOC1.Clc1ncc(Br)c(Cl)n1.Clc1ncc(Br)c(NC2CCCOC2)n1. The lowest BCUT2D eigenvalue weighted by Crippen LogP contribution is -2.30. The molecule has 2 atom stereocenters. The lowest BCUT2D eigenvalue weighted by atomic mass is 10.1. The maximum Gasteiger partial charge on any atom is 0.224 e. The van der Waals surface area contributed by atoms with E-state index in [4.69, 9.17) is 56.1 Å². The van der Waals surface area contributed by atoms with Gasteiger partial charge in [0.2, 0.25) is 10.6 Å². The van der Waals surface area contributed by atoms with Crippen LogP contribution in [0.4, 0.5) is 5.82 Å². The Morgan fingerprint density at radius 2 is 1.41 bits per heavy atom. The summed E-state index contributed by atoms with van der Waals surface area (Å²) in [6.45, 7) is 3.23. The fourth-order valence-electron chi connectivity index (χ4n) is 2.65. The van der Waals surface area contributed by atoms with E-state index in [1.54, 1.807) is 6.20 Å². The Balaban J connectivity index is 0.000000183. The lowest BCUT2D eigenvalue weighted by molar-refractivity contribution is 0.0777. The van der Waals surface area contributed by atoms with Gasteiger partial charge in [-0.3, -0.25) is 0 Å². The van der Waals surface area contributed by atoms with Gasteiger partial charge in [0.1, 0.15) is 11.0 Å². The quantitative estimate of drug-likeness (QED) is 0.239. The number of aromatic nitrogens is 4. The van der Waals surface area contributed by atoms with Crippen LogP contribution in [0.5, 0.6) is 0 Å². The number of hydrogen-bond acceptors (Lipinski definition) is 8. The summed E-state index contributed by atoms with van der Waals surface area (Å²) in [6, 6.07) is 0.687. The molecule has 2 N–H and O–H groups in total. The zero-order valence-electron chi connectivity index (χ0n) is 16.8. The van der Waals surface area contributed by atoms with E-state index in [9.17, 15) is 0 Å². The van der Waals surface area contributed by atoms with Crippen molar-refractivity contribution in [2.24, 2.45) is 0 Å². The minimum absolute atomic E-state index is 0.156. The van der Waals surface area contributed by atoms with Crippen molar-refractivity contribution in [1.82, 2.24) is 24.8 Å². The van der Waals surface area contributed by atoms with Gasteiger partial charge in [0.25, 0.3) is 0 Å². The molecule has 0 bridgehead atoms. The Morgan fingerprint density at radius 3 is 1.88 bits per heavy atom. The number of rotatable bonds is 3.